The Balaban J connectivity index is 2.75. The van der Waals surface area contributed by atoms with Crippen LogP contribution in [-0.2, 0) is 0 Å². The smallest absolute Gasteiger partial charge is 0.222 e. The van der Waals surface area contributed by atoms with Gasteiger partial charge in [-0.05, 0) is 20.8 Å². The Kier molecular flexibility index (Phi) is 3.77. The predicted octanol–water partition coefficient (Wildman–Crippen LogP) is 0.422. The molecule has 0 aromatic heterocycles. The zero-order valence-corrected chi connectivity index (χ0v) is 9.84. The van der Waals surface area contributed by atoms with E-state index in [1.54, 1.807) is 11.4 Å². The number of hydrogen-bond acceptors (Lipinski definition) is 4. The lowest BCUT2D eigenvalue weighted by Gasteiger charge is -2.34. The van der Waals surface area contributed by atoms with Gasteiger partial charge in [-0.15, -0.1) is 0 Å². The molecule has 2 N–H and O–H groups in total. The number of thiol groups is 1. The number of amidine groups is 1. The molecular weight excluding hydrogens is 198 g/mol. The van der Waals surface area contributed by atoms with Crippen LogP contribution < -0.4 is 10.6 Å². The van der Waals surface area contributed by atoms with Crippen molar-refractivity contribution in [3.63, 3.8) is 0 Å². The highest BCUT2D eigenvalue weighted by molar-refractivity contribution is 7.78. The van der Waals surface area contributed by atoms with E-state index in [0.29, 0.717) is 12.0 Å². The zero-order valence-electron chi connectivity index (χ0n) is 8.94. The Morgan fingerprint density at radius 1 is 1.64 bits per heavy atom. The molecule has 0 bridgehead atoms. The van der Waals surface area contributed by atoms with Gasteiger partial charge in [0.15, 0.2) is 6.29 Å². The van der Waals surface area contributed by atoms with Crippen molar-refractivity contribution in [1.82, 2.24) is 14.9 Å². The summed E-state index contributed by atoms with van der Waals surface area (Å²) in [5.41, 5.74) is 0. The van der Waals surface area contributed by atoms with Crippen LogP contribution in [0, 0.1) is 0 Å². The fourth-order valence-corrected chi connectivity index (χ4v) is 1.32. The van der Waals surface area contributed by atoms with E-state index in [4.69, 9.17) is 0 Å². The van der Waals surface area contributed by atoms with Crippen molar-refractivity contribution in [2.75, 3.05) is 7.05 Å². The molecule has 0 saturated carbocycles. The number of aliphatic imine (C=N–C) groups is 2. The highest BCUT2D eigenvalue weighted by Crippen LogP contribution is 2.06. The standard InChI is InChI=1S/C8H17N5S/c1-5(2)10-8-12-7(9-4)11-6(3)13(8)14/h5,8,10,14H,1-4H3,(H,9,12). The van der Waals surface area contributed by atoms with Crippen LogP contribution >= 0.6 is 12.8 Å². The largest absolute Gasteiger partial charge is 0.321 e. The van der Waals surface area contributed by atoms with Crippen molar-refractivity contribution >= 4 is 24.6 Å². The SMILES string of the molecule is CN=C1N=C(C)N(S)C(NC(C)C)N1. The lowest BCUT2D eigenvalue weighted by Crippen LogP contribution is -2.59. The van der Waals surface area contributed by atoms with Crippen molar-refractivity contribution in [2.45, 2.75) is 33.1 Å². The molecule has 0 saturated heterocycles. The summed E-state index contributed by atoms with van der Waals surface area (Å²) in [5.74, 6) is 1.46. The van der Waals surface area contributed by atoms with Gasteiger partial charge >= 0.3 is 0 Å². The summed E-state index contributed by atoms with van der Waals surface area (Å²) in [5, 5.41) is 6.42. The van der Waals surface area contributed by atoms with Crippen LogP contribution in [0.4, 0.5) is 0 Å². The zero-order chi connectivity index (χ0) is 10.7. The van der Waals surface area contributed by atoms with Crippen LogP contribution in [0.1, 0.15) is 20.8 Å². The van der Waals surface area contributed by atoms with E-state index >= 15 is 0 Å². The molecule has 1 atom stereocenters. The molecule has 1 heterocycles. The number of nitrogens with one attached hydrogen (secondary N) is 2. The van der Waals surface area contributed by atoms with Gasteiger partial charge in [0.2, 0.25) is 5.96 Å². The highest BCUT2D eigenvalue weighted by atomic mass is 32.1. The van der Waals surface area contributed by atoms with Crippen LogP contribution in [0.15, 0.2) is 9.98 Å². The third kappa shape index (κ3) is 2.62. The summed E-state index contributed by atoms with van der Waals surface area (Å²) in [7, 11) is 1.71. The maximum atomic E-state index is 4.33. The van der Waals surface area contributed by atoms with Crippen LogP contribution in [-0.4, -0.2) is 35.5 Å². The van der Waals surface area contributed by atoms with Crippen molar-refractivity contribution in [3.05, 3.63) is 0 Å². The minimum Gasteiger partial charge on any atom is -0.321 e. The van der Waals surface area contributed by atoms with E-state index in [1.165, 1.54) is 0 Å². The number of hydrogen-bond donors (Lipinski definition) is 3. The van der Waals surface area contributed by atoms with Crippen molar-refractivity contribution < 1.29 is 0 Å². The fraction of sp³-hybridized carbons (Fsp3) is 0.750. The molecular formula is C8H17N5S. The summed E-state index contributed by atoms with van der Waals surface area (Å²) in [6.07, 6.45) is -0.0606. The second kappa shape index (κ2) is 4.65. The van der Waals surface area contributed by atoms with E-state index < -0.39 is 0 Å². The summed E-state index contributed by atoms with van der Waals surface area (Å²) in [6.45, 7) is 6.05. The maximum absolute atomic E-state index is 4.33. The second-order valence-corrected chi connectivity index (χ2v) is 3.85. The molecule has 0 aromatic rings. The average Bonchev–Trinajstić information content (AvgIpc) is 2.11. The first kappa shape index (κ1) is 11.3. The van der Waals surface area contributed by atoms with E-state index in [1.807, 2.05) is 6.92 Å². The Morgan fingerprint density at radius 2 is 2.29 bits per heavy atom. The topological polar surface area (TPSA) is 52.0 Å². The summed E-state index contributed by atoms with van der Waals surface area (Å²) < 4.78 is 1.74. The van der Waals surface area contributed by atoms with Crippen LogP contribution in [0.25, 0.3) is 0 Å². The predicted molar refractivity (Wildman–Crippen MR) is 62.5 cm³/mol. The molecule has 80 valence electrons. The second-order valence-electron chi connectivity index (χ2n) is 3.42. The summed E-state index contributed by atoms with van der Waals surface area (Å²) in [6, 6.07) is 0.367. The van der Waals surface area contributed by atoms with Crippen molar-refractivity contribution in [3.8, 4) is 0 Å². The number of guanidine groups is 1. The number of nitrogens with zero attached hydrogens (tertiary/aromatic N) is 3. The van der Waals surface area contributed by atoms with E-state index in [-0.39, 0.29) is 6.29 Å². The summed E-state index contributed by atoms with van der Waals surface area (Å²) in [4.78, 5) is 8.21. The van der Waals surface area contributed by atoms with Gasteiger partial charge in [0, 0.05) is 13.1 Å². The van der Waals surface area contributed by atoms with Gasteiger partial charge in [-0.2, -0.15) is 4.99 Å². The monoisotopic (exact) mass is 215 g/mol. The van der Waals surface area contributed by atoms with Crippen LogP contribution in [0.5, 0.6) is 0 Å². The quantitative estimate of drug-likeness (QED) is 0.585. The van der Waals surface area contributed by atoms with E-state index in [0.717, 1.165) is 5.84 Å². The molecule has 5 nitrogen and oxygen atoms in total. The molecule has 0 aromatic carbocycles. The molecule has 1 aliphatic heterocycles. The molecule has 0 aliphatic carbocycles. The third-order valence-electron chi connectivity index (χ3n) is 1.81. The van der Waals surface area contributed by atoms with Crippen molar-refractivity contribution in [2.24, 2.45) is 9.98 Å². The first-order chi connectivity index (χ1) is 6.54. The van der Waals surface area contributed by atoms with Gasteiger partial charge in [0.05, 0.1) is 0 Å². The first-order valence-corrected chi connectivity index (χ1v) is 4.97. The van der Waals surface area contributed by atoms with Gasteiger partial charge in [-0.1, -0.05) is 12.8 Å². The van der Waals surface area contributed by atoms with Gasteiger partial charge in [-0.25, -0.2) is 0 Å². The molecule has 0 radical (unpaired) electrons. The van der Waals surface area contributed by atoms with Crippen molar-refractivity contribution in [1.29, 1.82) is 0 Å². The molecule has 14 heavy (non-hydrogen) atoms. The van der Waals surface area contributed by atoms with Gasteiger partial charge < -0.3 is 5.32 Å². The Morgan fingerprint density at radius 3 is 2.79 bits per heavy atom. The van der Waals surface area contributed by atoms with E-state index in [2.05, 4.69) is 47.3 Å². The van der Waals surface area contributed by atoms with E-state index in [9.17, 15) is 0 Å². The Bertz CT molecular complexity index is 260. The number of rotatable bonds is 2. The lowest BCUT2D eigenvalue weighted by molar-refractivity contribution is 0.330. The molecule has 0 amide bonds. The molecule has 0 fully saturated rings. The van der Waals surface area contributed by atoms with Gasteiger partial charge in [0.25, 0.3) is 0 Å². The molecule has 6 heteroatoms. The highest BCUT2D eigenvalue weighted by Gasteiger charge is 2.23. The minimum absolute atomic E-state index is 0.0606. The molecule has 1 unspecified atom stereocenters. The fourth-order valence-electron chi connectivity index (χ4n) is 1.15. The van der Waals surface area contributed by atoms with Crippen LogP contribution in [0.3, 0.4) is 0 Å². The Hall–Kier alpha value is -0.750. The first-order valence-electron chi connectivity index (χ1n) is 4.57. The average molecular weight is 215 g/mol. The molecule has 0 spiro atoms. The normalized spacial score (nSPS) is 25.3. The minimum atomic E-state index is -0.0606. The third-order valence-corrected chi connectivity index (χ3v) is 2.33. The Labute approximate surface area is 90.2 Å². The maximum Gasteiger partial charge on any atom is 0.222 e. The molecule has 1 aliphatic rings. The van der Waals surface area contributed by atoms with Gasteiger partial charge in [-0.3, -0.25) is 14.6 Å². The molecule has 1 rings (SSSR count). The van der Waals surface area contributed by atoms with Crippen LogP contribution in [0.2, 0.25) is 0 Å². The lowest BCUT2D eigenvalue weighted by atomic mass is 10.4. The van der Waals surface area contributed by atoms with Gasteiger partial charge in [0.1, 0.15) is 5.84 Å². The summed E-state index contributed by atoms with van der Waals surface area (Å²) >= 11 is 4.33.